The van der Waals surface area contributed by atoms with E-state index in [1.807, 2.05) is 6.92 Å². The zero-order valence-corrected chi connectivity index (χ0v) is 18.2. The van der Waals surface area contributed by atoms with Crippen LogP contribution >= 0.6 is 0 Å². The van der Waals surface area contributed by atoms with Crippen LogP contribution in [0.1, 0.15) is 49.0 Å². The van der Waals surface area contributed by atoms with E-state index in [4.69, 9.17) is 10.1 Å². The molecule has 2 aromatic rings. The number of carbonyl (C=O) groups excluding carboxylic acids is 1. The molecule has 32 heavy (non-hydrogen) atoms. The lowest BCUT2D eigenvalue weighted by Gasteiger charge is -2.15. The number of esters is 1. The number of guanidine groups is 1. The van der Waals surface area contributed by atoms with Gasteiger partial charge in [-0.3, -0.25) is 4.79 Å². The zero-order valence-electron chi connectivity index (χ0n) is 17.4. The van der Waals surface area contributed by atoms with Gasteiger partial charge in [-0.25, -0.2) is 8.42 Å². The Morgan fingerprint density at radius 3 is 2.31 bits per heavy atom. The summed E-state index contributed by atoms with van der Waals surface area (Å²) in [5.41, 5.74) is 1.77. The highest BCUT2D eigenvalue weighted by Gasteiger charge is 2.29. The average Bonchev–Trinajstić information content (AvgIpc) is 3.27. The van der Waals surface area contributed by atoms with Gasteiger partial charge in [-0.05, 0) is 58.7 Å². The lowest BCUT2D eigenvalue weighted by molar-refractivity contribution is -0.134. The Morgan fingerprint density at radius 2 is 1.69 bits per heavy atom. The first kappa shape index (κ1) is 23.1. The van der Waals surface area contributed by atoms with E-state index in [1.54, 1.807) is 54.6 Å². The van der Waals surface area contributed by atoms with Gasteiger partial charge in [0, 0.05) is 12.1 Å². The second kappa shape index (κ2) is 10.6. The molecule has 11 heteroatoms. The maximum absolute atomic E-state index is 12.8. The number of ether oxygens (including phenoxy) is 1. The summed E-state index contributed by atoms with van der Waals surface area (Å²) in [5.74, 6) is -0.609. The van der Waals surface area contributed by atoms with Crippen molar-refractivity contribution in [3.8, 4) is 5.75 Å². The topological polar surface area (TPSA) is 146 Å². The van der Waals surface area contributed by atoms with Gasteiger partial charge in [0.05, 0.1) is 0 Å². The molecular formula is C21H22N6O4S. The van der Waals surface area contributed by atoms with Crippen LogP contribution < -0.4 is 4.74 Å². The van der Waals surface area contributed by atoms with Gasteiger partial charge >= 0.3 is 11.9 Å². The van der Waals surface area contributed by atoms with Gasteiger partial charge in [0.15, 0.2) is 0 Å². The summed E-state index contributed by atoms with van der Waals surface area (Å²) < 4.78 is 34.6. The van der Waals surface area contributed by atoms with Crippen molar-refractivity contribution >= 4 is 27.7 Å². The predicted molar refractivity (Wildman–Crippen MR) is 118 cm³/mol. The SMILES string of the molecule is CCCC(=N)c1ccc(OC(=O)CCC(c2ccccc2)S(=O)(=O)N=C2N=NN=N2)cc1. The summed E-state index contributed by atoms with van der Waals surface area (Å²) in [6, 6.07) is 15.1. The Hall–Kier alpha value is -3.60. The van der Waals surface area contributed by atoms with Crippen molar-refractivity contribution in [1.82, 2.24) is 0 Å². The smallest absolute Gasteiger partial charge is 0.311 e. The number of benzene rings is 2. The minimum atomic E-state index is -4.10. The fourth-order valence-electron chi connectivity index (χ4n) is 3.06. The van der Waals surface area contributed by atoms with Gasteiger partial charge in [-0.1, -0.05) is 53.9 Å². The number of sulfonamides is 1. The number of hydrogen-bond acceptors (Lipinski definition) is 7. The van der Waals surface area contributed by atoms with Crippen LogP contribution in [0.15, 0.2) is 79.7 Å². The standard InChI is InChI=1S/C21H22N6O4S/c1-2-6-18(22)15-9-11-17(12-10-15)31-20(28)14-13-19(16-7-4-3-5-8-16)32(29,30)25-21-23-26-27-24-21/h3-5,7-12,19,22H,2,6,13-14H2,1H3. The summed E-state index contributed by atoms with van der Waals surface area (Å²) in [6.45, 7) is 2.00. The first-order valence-corrected chi connectivity index (χ1v) is 11.5. The average molecular weight is 455 g/mol. The largest absolute Gasteiger partial charge is 0.427 e. The van der Waals surface area contributed by atoms with E-state index in [1.165, 1.54) is 0 Å². The molecule has 0 aliphatic carbocycles. The number of nitrogens with zero attached hydrogens (tertiary/aromatic N) is 5. The highest BCUT2D eigenvalue weighted by molar-refractivity contribution is 7.90. The third-order valence-electron chi connectivity index (χ3n) is 4.59. The van der Waals surface area contributed by atoms with Gasteiger partial charge < -0.3 is 10.1 Å². The Morgan fingerprint density at radius 1 is 1.03 bits per heavy atom. The van der Waals surface area contributed by atoms with Gasteiger partial charge in [0.2, 0.25) is 0 Å². The predicted octanol–water partition coefficient (Wildman–Crippen LogP) is 4.80. The van der Waals surface area contributed by atoms with Crippen molar-refractivity contribution in [1.29, 1.82) is 5.41 Å². The second-order valence-electron chi connectivity index (χ2n) is 6.95. The molecule has 0 spiro atoms. The molecule has 0 saturated carbocycles. The molecule has 1 heterocycles. The molecule has 1 aliphatic heterocycles. The van der Waals surface area contributed by atoms with Gasteiger partial charge in [-0.2, -0.15) is 0 Å². The van der Waals surface area contributed by atoms with Crippen molar-refractivity contribution in [2.75, 3.05) is 0 Å². The van der Waals surface area contributed by atoms with E-state index < -0.39 is 21.2 Å². The number of hydrogen-bond donors (Lipinski definition) is 1. The highest BCUT2D eigenvalue weighted by Crippen LogP contribution is 2.30. The van der Waals surface area contributed by atoms with Crippen LogP contribution in [0.2, 0.25) is 0 Å². The van der Waals surface area contributed by atoms with E-state index >= 15 is 0 Å². The fourth-order valence-corrected chi connectivity index (χ4v) is 4.40. The molecule has 1 atom stereocenters. The molecule has 2 aromatic carbocycles. The fraction of sp³-hybridized carbons (Fsp3) is 0.286. The monoisotopic (exact) mass is 454 g/mol. The molecule has 1 aliphatic rings. The lowest BCUT2D eigenvalue weighted by Crippen LogP contribution is -2.16. The van der Waals surface area contributed by atoms with Crippen LogP contribution in [0.5, 0.6) is 5.75 Å². The van der Waals surface area contributed by atoms with Gasteiger partial charge in [0.1, 0.15) is 11.0 Å². The van der Waals surface area contributed by atoms with Crippen LogP contribution in [-0.2, 0) is 14.8 Å². The first-order valence-electron chi connectivity index (χ1n) is 9.98. The van der Waals surface area contributed by atoms with Crippen LogP contribution in [0.3, 0.4) is 0 Å². The normalized spacial score (nSPS) is 13.7. The summed E-state index contributed by atoms with van der Waals surface area (Å²) in [5, 5.41) is 20.2. The van der Waals surface area contributed by atoms with Gasteiger partial charge in [0.25, 0.3) is 10.0 Å². The number of rotatable bonds is 10. The minimum Gasteiger partial charge on any atom is -0.427 e. The second-order valence-corrected chi connectivity index (χ2v) is 8.73. The van der Waals surface area contributed by atoms with Crippen LogP contribution in [0, 0.1) is 5.41 Å². The molecule has 0 bridgehead atoms. The van der Waals surface area contributed by atoms with E-state index in [2.05, 4.69) is 25.1 Å². The van der Waals surface area contributed by atoms with Crippen molar-refractivity contribution in [3.05, 3.63) is 65.7 Å². The van der Waals surface area contributed by atoms with E-state index in [9.17, 15) is 13.2 Å². The first-order chi connectivity index (χ1) is 15.4. The Labute approximate surface area is 185 Å². The lowest BCUT2D eigenvalue weighted by atomic mass is 10.1. The zero-order chi connectivity index (χ0) is 23.0. The van der Waals surface area contributed by atoms with Crippen molar-refractivity contribution in [3.63, 3.8) is 0 Å². The molecular weight excluding hydrogens is 432 g/mol. The van der Waals surface area contributed by atoms with Crippen molar-refractivity contribution in [2.24, 2.45) is 25.1 Å². The van der Waals surface area contributed by atoms with Gasteiger partial charge in [-0.15, -0.1) is 4.40 Å². The van der Waals surface area contributed by atoms with E-state index in [0.29, 0.717) is 23.4 Å². The molecule has 1 unspecified atom stereocenters. The summed E-state index contributed by atoms with van der Waals surface area (Å²) in [7, 11) is -4.10. The maximum atomic E-state index is 12.8. The highest BCUT2D eigenvalue weighted by atomic mass is 32.2. The Kier molecular flexibility index (Phi) is 7.66. The molecule has 0 aromatic heterocycles. The van der Waals surface area contributed by atoms with E-state index in [-0.39, 0.29) is 18.8 Å². The molecule has 1 N–H and O–H groups in total. The summed E-state index contributed by atoms with van der Waals surface area (Å²) in [4.78, 5) is 12.4. The summed E-state index contributed by atoms with van der Waals surface area (Å²) >= 11 is 0. The van der Waals surface area contributed by atoms with E-state index in [0.717, 1.165) is 12.0 Å². The molecule has 0 amide bonds. The Bertz CT molecular complexity index is 1140. The molecule has 10 nitrogen and oxygen atoms in total. The minimum absolute atomic E-state index is 0.0462. The quantitative estimate of drug-likeness (QED) is 0.312. The Balaban J connectivity index is 1.69. The number of nitrogens with one attached hydrogen (secondary N) is 1. The van der Waals surface area contributed by atoms with Crippen LogP contribution in [0.4, 0.5) is 0 Å². The van der Waals surface area contributed by atoms with Crippen LogP contribution in [-0.4, -0.2) is 26.1 Å². The third-order valence-corrected chi connectivity index (χ3v) is 6.24. The molecule has 0 fully saturated rings. The molecule has 0 saturated heterocycles. The maximum Gasteiger partial charge on any atom is 0.311 e. The molecule has 0 radical (unpaired) electrons. The van der Waals surface area contributed by atoms with Crippen LogP contribution in [0.25, 0.3) is 0 Å². The number of carbonyl (C=O) groups is 1. The van der Waals surface area contributed by atoms with Crippen molar-refractivity contribution < 1.29 is 17.9 Å². The third kappa shape index (κ3) is 6.20. The molecule has 166 valence electrons. The van der Waals surface area contributed by atoms with Crippen molar-refractivity contribution in [2.45, 2.75) is 37.9 Å². The molecule has 3 rings (SSSR count). The summed E-state index contributed by atoms with van der Waals surface area (Å²) in [6.07, 6.45) is 1.34.